The Labute approximate surface area is 224 Å². The number of amides is 1. The molecule has 190 valence electrons. The molecule has 0 bridgehead atoms. The molecule has 7 nitrogen and oxygen atoms in total. The first-order valence-corrected chi connectivity index (χ1v) is 12.6. The zero-order valence-corrected chi connectivity index (χ0v) is 22.7. The molecule has 0 heterocycles. The molecular formula is C27H28BrClN2O5. The van der Waals surface area contributed by atoms with Gasteiger partial charge in [0.1, 0.15) is 6.61 Å². The number of carbonyl (C=O) groups excluding carboxylic acids is 1. The molecule has 3 rings (SSSR count). The predicted molar refractivity (Wildman–Crippen MR) is 145 cm³/mol. The van der Waals surface area contributed by atoms with Crippen LogP contribution in [0, 0.1) is 0 Å². The highest BCUT2D eigenvalue weighted by Crippen LogP contribution is 2.37. The summed E-state index contributed by atoms with van der Waals surface area (Å²) in [6.45, 7) is 5.22. The van der Waals surface area contributed by atoms with Crippen LogP contribution >= 0.6 is 27.5 Å². The number of hydrazone groups is 1. The number of benzene rings is 3. The van der Waals surface area contributed by atoms with E-state index >= 15 is 0 Å². The number of carbonyl (C=O) groups is 1. The smallest absolute Gasteiger partial charge is 0.271 e. The van der Waals surface area contributed by atoms with Crippen LogP contribution in [0.5, 0.6) is 23.0 Å². The van der Waals surface area contributed by atoms with Crippen LogP contribution in [0.25, 0.3) is 0 Å². The molecule has 36 heavy (non-hydrogen) atoms. The summed E-state index contributed by atoms with van der Waals surface area (Å²) in [4.78, 5) is 12.6. The quantitative estimate of drug-likeness (QED) is 0.193. The second-order valence-corrected chi connectivity index (χ2v) is 8.91. The molecule has 0 unspecified atom stereocenters. The minimum absolute atomic E-state index is 0.336. The first-order valence-electron chi connectivity index (χ1n) is 11.4. The minimum Gasteiger partial charge on any atom is -0.493 e. The lowest BCUT2D eigenvalue weighted by atomic mass is 10.2. The van der Waals surface area contributed by atoms with Crippen molar-refractivity contribution >= 4 is 39.7 Å². The fraction of sp³-hybridized carbons (Fsp3) is 0.259. The Bertz CT molecular complexity index is 1200. The van der Waals surface area contributed by atoms with Gasteiger partial charge in [-0.2, -0.15) is 5.10 Å². The molecule has 0 radical (unpaired) electrons. The highest BCUT2D eigenvalue weighted by molar-refractivity contribution is 9.10. The van der Waals surface area contributed by atoms with Crippen LogP contribution in [-0.4, -0.2) is 32.4 Å². The molecule has 9 heteroatoms. The Kier molecular flexibility index (Phi) is 10.5. The van der Waals surface area contributed by atoms with Crippen molar-refractivity contribution in [3.05, 3.63) is 80.8 Å². The van der Waals surface area contributed by atoms with E-state index in [0.717, 1.165) is 16.5 Å². The standard InChI is InChI=1S/C27H28BrClN2O5/c1-4-12-35-23-11-8-20(15-24(23)33-3)27(32)31-30-16-19-13-22(29)26(25(14-19)34-5-2)36-17-18-6-9-21(28)10-7-18/h6-11,13-16H,4-5,12,17H2,1-3H3,(H,31,32)/b30-16+. The van der Waals surface area contributed by atoms with E-state index in [1.807, 2.05) is 38.1 Å². The van der Waals surface area contributed by atoms with Crippen molar-refractivity contribution in [1.82, 2.24) is 5.43 Å². The maximum absolute atomic E-state index is 12.6. The summed E-state index contributed by atoms with van der Waals surface area (Å²) in [6.07, 6.45) is 2.36. The normalized spacial score (nSPS) is 10.8. The van der Waals surface area contributed by atoms with E-state index in [9.17, 15) is 4.79 Å². The van der Waals surface area contributed by atoms with E-state index in [4.69, 9.17) is 30.5 Å². The molecule has 1 N–H and O–H groups in total. The van der Waals surface area contributed by atoms with Gasteiger partial charge in [0.2, 0.25) is 0 Å². The number of halogens is 2. The van der Waals surface area contributed by atoms with Crippen molar-refractivity contribution in [2.75, 3.05) is 20.3 Å². The monoisotopic (exact) mass is 574 g/mol. The van der Waals surface area contributed by atoms with Crippen LogP contribution in [0.3, 0.4) is 0 Å². The number of nitrogens with one attached hydrogen (secondary N) is 1. The zero-order chi connectivity index (χ0) is 25.9. The van der Waals surface area contributed by atoms with Crippen molar-refractivity contribution in [3.63, 3.8) is 0 Å². The summed E-state index contributed by atoms with van der Waals surface area (Å²) < 4.78 is 23.6. The Balaban J connectivity index is 1.69. The third-order valence-corrected chi connectivity index (χ3v) is 5.70. The maximum atomic E-state index is 12.6. The predicted octanol–water partition coefficient (Wildman–Crippen LogP) is 6.64. The van der Waals surface area contributed by atoms with Crippen molar-refractivity contribution in [3.8, 4) is 23.0 Å². The summed E-state index contributed by atoms with van der Waals surface area (Å²) in [6, 6.07) is 16.2. The van der Waals surface area contributed by atoms with Crippen LogP contribution in [0.2, 0.25) is 5.02 Å². The largest absolute Gasteiger partial charge is 0.493 e. The van der Waals surface area contributed by atoms with Gasteiger partial charge in [0.05, 0.1) is 31.6 Å². The Morgan fingerprint density at radius 2 is 1.78 bits per heavy atom. The number of nitrogens with zero attached hydrogens (tertiary/aromatic N) is 1. The number of rotatable bonds is 12. The van der Waals surface area contributed by atoms with E-state index in [1.165, 1.54) is 13.3 Å². The lowest BCUT2D eigenvalue weighted by Crippen LogP contribution is -2.17. The van der Waals surface area contributed by atoms with Gasteiger partial charge >= 0.3 is 0 Å². The van der Waals surface area contributed by atoms with Gasteiger partial charge in [0.15, 0.2) is 23.0 Å². The number of hydrogen-bond donors (Lipinski definition) is 1. The average molecular weight is 576 g/mol. The molecular weight excluding hydrogens is 548 g/mol. The first kappa shape index (κ1) is 27.4. The summed E-state index contributed by atoms with van der Waals surface area (Å²) in [5, 5.41) is 4.44. The molecule has 0 aromatic heterocycles. The SMILES string of the molecule is CCCOc1ccc(C(=O)N/N=C/c2cc(Cl)c(OCc3ccc(Br)cc3)c(OCC)c2)cc1OC. The molecule has 0 atom stereocenters. The second kappa shape index (κ2) is 13.8. The molecule has 3 aromatic carbocycles. The molecule has 0 saturated carbocycles. The van der Waals surface area contributed by atoms with Gasteiger partial charge in [0, 0.05) is 10.0 Å². The number of methoxy groups -OCH3 is 1. The Morgan fingerprint density at radius 1 is 1.00 bits per heavy atom. The van der Waals surface area contributed by atoms with Crippen LogP contribution in [0.4, 0.5) is 0 Å². The van der Waals surface area contributed by atoms with Gasteiger partial charge in [-0.25, -0.2) is 5.43 Å². The molecule has 0 saturated heterocycles. The van der Waals surface area contributed by atoms with Crippen molar-refractivity contribution < 1.29 is 23.7 Å². The third-order valence-electron chi connectivity index (χ3n) is 4.90. The highest BCUT2D eigenvalue weighted by atomic mass is 79.9. The zero-order valence-electron chi connectivity index (χ0n) is 20.3. The van der Waals surface area contributed by atoms with Crippen molar-refractivity contribution in [1.29, 1.82) is 0 Å². The molecule has 0 spiro atoms. The molecule has 1 amide bonds. The highest BCUT2D eigenvalue weighted by Gasteiger charge is 2.14. The lowest BCUT2D eigenvalue weighted by molar-refractivity contribution is 0.0954. The summed E-state index contributed by atoms with van der Waals surface area (Å²) >= 11 is 9.92. The lowest BCUT2D eigenvalue weighted by Gasteiger charge is -2.14. The van der Waals surface area contributed by atoms with E-state index in [0.29, 0.717) is 59.0 Å². The van der Waals surface area contributed by atoms with Crippen LogP contribution in [0.15, 0.2) is 64.2 Å². The van der Waals surface area contributed by atoms with E-state index in [-0.39, 0.29) is 0 Å². The summed E-state index contributed by atoms with van der Waals surface area (Å²) in [7, 11) is 1.53. The van der Waals surface area contributed by atoms with Crippen LogP contribution < -0.4 is 24.4 Å². The Hall–Kier alpha value is -3.23. The van der Waals surface area contributed by atoms with Crippen molar-refractivity contribution in [2.24, 2.45) is 5.10 Å². The maximum Gasteiger partial charge on any atom is 0.271 e. The average Bonchev–Trinajstić information content (AvgIpc) is 2.88. The van der Waals surface area contributed by atoms with Gasteiger partial charge in [-0.05, 0) is 66.9 Å². The van der Waals surface area contributed by atoms with Gasteiger partial charge in [-0.15, -0.1) is 0 Å². The van der Waals surface area contributed by atoms with Gasteiger partial charge < -0.3 is 18.9 Å². The van der Waals surface area contributed by atoms with E-state index < -0.39 is 5.91 Å². The van der Waals surface area contributed by atoms with Gasteiger partial charge in [0.25, 0.3) is 5.91 Å². The fourth-order valence-electron chi connectivity index (χ4n) is 3.17. The van der Waals surface area contributed by atoms with Gasteiger partial charge in [-0.1, -0.05) is 46.6 Å². The minimum atomic E-state index is -0.392. The molecule has 3 aromatic rings. The topological polar surface area (TPSA) is 78.4 Å². The third kappa shape index (κ3) is 7.63. The molecule has 0 aliphatic rings. The number of hydrogen-bond acceptors (Lipinski definition) is 6. The van der Waals surface area contributed by atoms with Crippen LogP contribution in [-0.2, 0) is 6.61 Å². The van der Waals surface area contributed by atoms with E-state index in [2.05, 4.69) is 26.5 Å². The fourth-order valence-corrected chi connectivity index (χ4v) is 3.71. The summed E-state index contributed by atoms with van der Waals surface area (Å²) in [5.74, 6) is 1.60. The summed E-state index contributed by atoms with van der Waals surface area (Å²) in [5.41, 5.74) is 4.53. The second-order valence-electron chi connectivity index (χ2n) is 7.59. The molecule has 0 fully saturated rings. The molecule has 0 aliphatic carbocycles. The first-order chi connectivity index (χ1) is 17.4. The van der Waals surface area contributed by atoms with Gasteiger partial charge in [-0.3, -0.25) is 4.79 Å². The Morgan fingerprint density at radius 3 is 2.47 bits per heavy atom. The molecule has 0 aliphatic heterocycles. The van der Waals surface area contributed by atoms with E-state index in [1.54, 1.807) is 30.3 Å². The number of ether oxygens (including phenoxy) is 4. The van der Waals surface area contributed by atoms with Crippen molar-refractivity contribution in [2.45, 2.75) is 26.9 Å². The van der Waals surface area contributed by atoms with Crippen LogP contribution in [0.1, 0.15) is 41.8 Å².